The normalized spacial score (nSPS) is 17.8. The molecule has 0 spiro atoms. The highest BCUT2D eigenvalue weighted by Gasteiger charge is 2.40. The number of amides is 2. The molecule has 1 aliphatic heterocycles. The third-order valence-electron chi connectivity index (χ3n) is 6.31. The van der Waals surface area contributed by atoms with Crippen molar-refractivity contribution in [2.75, 3.05) is 36.9 Å². The number of halogens is 3. The van der Waals surface area contributed by atoms with Crippen molar-refractivity contribution in [3.05, 3.63) is 65.7 Å². The number of alkyl halides is 3. The lowest BCUT2D eigenvalue weighted by Gasteiger charge is -2.20. The smallest absolute Gasteiger partial charge is 0.412 e. The zero-order chi connectivity index (χ0) is 30.2. The van der Waals surface area contributed by atoms with E-state index in [1.54, 1.807) is 75.1 Å². The van der Waals surface area contributed by atoms with Crippen LogP contribution in [0, 0.1) is 5.92 Å². The molecule has 0 saturated carbocycles. The minimum atomic E-state index is -4.27. The maximum Gasteiger partial charge on any atom is 0.412 e. The van der Waals surface area contributed by atoms with Gasteiger partial charge in [0.15, 0.2) is 0 Å². The van der Waals surface area contributed by atoms with E-state index in [4.69, 9.17) is 9.47 Å². The maximum absolute atomic E-state index is 12.8. The molecule has 41 heavy (non-hydrogen) atoms. The van der Waals surface area contributed by atoms with Crippen LogP contribution in [0.4, 0.5) is 29.3 Å². The fourth-order valence-corrected chi connectivity index (χ4v) is 4.49. The summed E-state index contributed by atoms with van der Waals surface area (Å²) in [6.07, 6.45) is -2.91. The summed E-state index contributed by atoms with van der Waals surface area (Å²) in [5.41, 5.74) is 1.62. The number of esters is 1. The van der Waals surface area contributed by atoms with Crippen LogP contribution in [-0.2, 0) is 19.1 Å². The fourth-order valence-electron chi connectivity index (χ4n) is 4.49. The predicted molar refractivity (Wildman–Crippen MR) is 150 cm³/mol. The number of hydrogen-bond donors (Lipinski definition) is 2. The van der Waals surface area contributed by atoms with E-state index in [-0.39, 0.29) is 25.6 Å². The Kier molecular flexibility index (Phi) is 10.6. The number of carbonyl (C=O) groups excluding carboxylic acids is 3. The van der Waals surface area contributed by atoms with E-state index >= 15 is 0 Å². The van der Waals surface area contributed by atoms with Crippen molar-refractivity contribution in [2.24, 2.45) is 5.92 Å². The molecular weight excluding hydrogens is 539 g/mol. The number of carbonyl (C=O) groups is 3. The first-order chi connectivity index (χ1) is 19.2. The predicted octanol–water partition coefficient (Wildman–Crippen LogP) is 6.22. The highest BCUT2D eigenvalue weighted by molar-refractivity contribution is 6.05. The molecular formula is C30H36F3N3O5. The van der Waals surface area contributed by atoms with Gasteiger partial charge in [-0.15, -0.1) is 0 Å². The van der Waals surface area contributed by atoms with E-state index in [2.05, 4.69) is 10.6 Å². The molecule has 222 valence electrons. The van der Waals surface area contributed by atoms with Gasteiger partial charge in [-0.2, -0.15) is 13.2 Å². The van der Waals surface area contributed by atoms with Crippen molar-refractivity contribution in [2.45, 2.75) is 51.8 Å². The molecule has 2 aromatic rings. The van der Waals surface area contributed by atoms with E-state index in [1.165, 1.54) is 6.08 Å². The summed E-state index contributed by atoms with van der Waals surface area (Å²) in [5.74, 6) is -1.72. The van der Waals surface area contributed by atoms with Crippen molar-refractivity contribution in [1.82, 2.24) is 4.90 Å². The Bertz CT molecular complexity index is 1240. The monoisotopic (exact) mass is 575 g/mol. The van der Waals surface area contributed by atoms with E-state index in [9.17, 15) is 27.6 Å². The van der Waals surface area contributed by atoms with E-state index < -0.39 is 42.1 Å². The highest BCUT2D eigenvalue weighted by atomic mass is 19.4. The second kappa shape index (κ2) is 13.7. The zero-order valence-corrected chi connectivity index (χ0v) is 23.6. The van der Waals surface area contributed by atoms with Crippen LogP contribution in [0.5, 0.6) is 0 Å². The first-order valence-corrected chi connectivity index (χ1v) is 13.4. The third kappa shape index (κ3) is 10.2. The highest BCUT2D eigenvalue weighted by Crippen LogP contribution is 2.35. The van der Waals surface area contributed by atoms with Crippen molar-refractivity contribution in [1.29, 1.82) is 0 Å². The van der Waals surface area contributed by atoms with Crippen LogP contribution in [0.1, 0.15) is 51.2 Å². The molecule has 0 aromatic heterocycles. The van der Waals surface area contributed by atoms with Gasteiger partial charge in [0.2, 0.25) is 5.91 Å². The molecule has 1 aliphatic rings. The Morgan fingerprint density at radius 3 is 2.20 bits per heavy atom. The summed E-state index contributed by atoms with van der Waals surface area (Å²) < 4.78 is 48.7. The van der Waals surface area contributed by atoms with Gasteiger partial charge in [-0.25, -0.2) is 4.79 Å². The molecule has 1 heterocycles. The molecule has 11 heteroatoms. The molecule has 3 rings (SSSR count). The molecule has 2 amide bonds. The van der Waals surface area contributed by atoms with Gasteiger partial charge in [0, 0.05) is 31.6 Å². The van der Waals surface area contributed by atoms with Crippen LogP contribution in [0.25, 0.3) is 6.08 Å². The van der Waals surface area contributed by atoms with Crippen molar-refractivity contribution < 1.29 is 37.0 Å². The number of hydrogen-bond acceptors (Lipinski definition) is 6. The zero-order valence-electron chi connectivity index (χ0n) is 23.6. The maximum atomic E-state index is 12.8. The first-order valence-electron chi connectivity index (χ1n) is 13.4. The van der Waals surface area contributed by atoms with Gasteiger partial charge < -0.3 is 19.7 Å². The summed E-state index contributed by atoms with van der Waals surface area (Å²) in [6, 6.07) is 13.9. The standard InChI is InChI=1S/C30H36F3N3O5/c1-5-40-27(38)23-19-36(17-16-30(31,32)33)18-22(23)21-13-10-20(11-14-21)12-15-26(37)34-24-8-6-7-9-25(24)35-28(39)41-29(2,3)4/h6-15,22-23H,5,16-19H2,1-4H3,(H,34,37)(H,35,39). The molecule has 0 radical (unpaired) electrons. The molecule has 0 bridgehead atoms. The first kappa shape index (κ1) is 31.7. The van der Waals surface area contributed by atoms with Gasteiger partial charge in [-0.1, -0.05) is 36.4 Å². The Morgan fingerprint density at radius 2 is 1.61 bits per heavy atom. The van der Waals surface area contributed by atoms with Crippen LogP contribution < -0.4 is 10.6 Å². The van der Waals surface area contributed by atoms with Crippen molar-refractivity contribution in [3.8, 4) is 0 Å². The molecule has 0 aliphatic carbocycles. The number of ether oxygens (including phenoxy) is 2. The third-order valence-corrected chi connectivity index (χ3v) is 6.31. The van der Waals surface area contributed by atoms with Gasteiger partial charge in [-0.05, 0) is 57.0 Å². The van der Waals surface area contributed by atoms with Crippen LogP contribution in [-0.4, -0.2) is 60.9 Å². The second-order valence-electron chi connectivity index (χ2n) is 10.8. The molecule has 8 nitrogen and oxygen atoms in total. The lowest BCUT2D eigenvalue weighted by atomic mass is 9.88. The second-order valence-corrected chi connectivity index (χ2v) is 10.8. The van der Waals surface area contributed by atoms with Crippen molar-refractivity contribution >= 4 is 35.4 Å². The SMILES string of the molecule is CCOC(=O)C1CN(CCC(F)(F)F)CC1c1ccc(C=CC(=O)Nc2ccccc2NC(=O)OC(C)(C)C)cc1. The van der Waals surface area contributed by atoms with Gasteiger partial charge in [-0.3, -0.25) is 14.9 Å². The minimum absolute atomic E-state index is 0.178. The van der Waals surface area contributed by atoms with Crippen LogP contribution >= 0.6 is 0 Å². The van der Waals surface area contributed by atoms with Crippen LogP contribution in [0.15, 0.2) is 54.6 Å². The average Bonchev–Trinajstić information content (AvgIpc) is 3.31. The van der Waals surface area contributed by atoms with Gasteiger partial charge in [0.1, 0.15) is 5.60 Å². The van der Waals surface area contributed by atoms with Gasteiger partial charge in [0.05, 0.1) is 30.3 Å². The van der Waals surface area contributed by atoms with E-state index in [0.29, 0.717) is 23.5 Å². The number of likely N-dealkylation sites (tertiary alicyclic amines) is 1. The number of anilines is 2. The minimum Gasteiger partial charge on any atom is -0.466 e. The largest absolute Gasteiger partial charge is 0.466 e. The summed E-state index contributed by atoms with van der Waals surface area (Å²) in [4.78, 5) is 38.9. The summed E-state index contributed by atoms with van der Waals surface area (Å²) in [6.45, 7) is 7.46. The lowest BCUT2D eigenvalue weighted by Crippen LogP contribution is -2.28. The quantitative estimate of drug-likeness (QED) is 0.272. The van der Waals surface area contributed by atoms with Crippen molar-refractivity contribution in [3.63, 3.8) is 0 Å². The molecule has 2 atom stereocenters. The molecule has 2 unspecified atom stereocenters. The van der Waals surface area contributed by atoms with E-state index in [0.717, 1.165) is 5.56 Å². The number of para-hydroxylation sites is 2. The topological polar surface area (TPSA) is 97.0 Å². The lowest BCUT2D eigenvalue weighted by molar-refractivity contribution is -0.148. The number of benzene rings is 2. The van der Waals surface area contributed by atoms with Gasteiger partial charge in [0.25, 0.3) is 0 Å². The average molecular weight is 576 g/mol. The molecule has 2 N–H and O–H groups in total. The van der Waals surface area contributed by atoms with Gasteiger partial charge >= 0.3 is 18.2 Å². The summed E-state index contributed by atoms with van der Waals surface area (Å²) >= 11 is 0. The summed E-state index contributed by atoms with van der Waals surface area (Å²) in [5, 5.41) is 5.35. The Balaban J connectivity index is 1.65. The number of nitrogens with zero attached hydrogens (tertiary/aromatic N) is 1. The van der Waals surface area contributed by atoms with Crippen LogP contribution in [0.3, 0.4) is 0 Å². The number of rotatable bonds is 9. The summed E-state index contributed by atoms with van der Waals surface area (Å²) in [7, 11) is 0. The Labute approximate surface area is 237 Å². The fraction of sp³-hybridized carbons (Fsp3) is 0.433. The molecule has 2 aromatic carbocycles. The Morgan fingerprint density at radius 1 is 0.976 bits per heavy atom. The number of nitrogens with one attached hydrogen (secondary N) is 2. The van der Waals surface area contributed by atoms with E-state index in [1.807, 2.05) is 12.1 Å². The van der Waals surface area contributed by atoms with Crippen LogP contribution in [0.2, 0.25) is 0 Å². The Hall–Kier alpha value is -3.86. The molecule has 1 saturated heterocycles. The molecule has 1 fully saturated rings.